The Morgan fingerprint density at radius 3 is 2.50 bits per heavy atom. The van der Waals surface area contributed by atoms with E-state index < -0.39 is 46.4 Å². The van der Waals surface area contributed by atoms with Crippen molar-refractivity contribution in [2.75, 3.05) is 11.5 Å². The van der Waals surface area contributed by atoms with Gasteiger partial charge in [-0.15, -0.1) is 0 Å². The topological polar surface area (TPSA) is 140 Å². The third-order valence-electron chi connectivity index (χ3n) is 2.89. The van der Waals surface area contributed by atoms with Crippen LogP contribution >= 0.6 is 0 Å². The summed E-state index contributed by atoms with van der Waals surface area (Å²) in [6.07, 6.45) is -0.0411. The molecule has 0 radical (unpaired) electrons. The van der Waals surface area contributed by atoms with Gasteiger partial charge in [-0.05, 0) is 0 Å². The molecule has 20 heavy (non-hydrogen) atoms. The van der Waals surface area contributed by atoms with Crippen LogP contribution < -0.4 is 4.35 Å². The summed E-state index contributed by atoms with van der Waals surface area (Å²) in [7, 11) is -8.60. The molecular formula is C9H12AsNO7S2-2. The van der Waals surface area contributed by atoms with E-state index in [9.17, 15) is 25.9 Å². The SMILES string of the molecule is Cc1onc(CCS(=O)(=O)[O-])c1[As]1CC1CS(=O)(=O)[O-]. The molecule has 2 heterocycles. The summed E-state index contributed by atoms with van der Waals surface area (Å²) in [5.41, 5.74) is 0.410. The van der Waals surface area contributed by atoms with Crippen LogP contribution in [0, 0.1) is 6.92 Å². The van der Waals surface area contributed by atoms with E-state index in [4.69, 9.17) is 4.52 Å². The number of hydrogen-bond acceptors (Lipinski definition) is 8. The Labute approximate surface area is 121 Å². The van der Waals surface area contributed by atoms with Crippen LogP contribution in [-0.2, 0) is 26.7 Å². The fourth-order valence-corrected chi connectivity index (χ4v) is 10.9. The van der Waals surface area contributed by atoms with Crippen molar-refractivity contribution in [2.24, 2.45) is 0 Å². The van der Waals surface area contributed by atoms with Gasteiger partial charge in [0.1, 0.15) is 0 Å². The first-order valence-corrected chi connectivity index (χ1v) is 12.2. The van der Waals surface area contributed by atoms with Crippen molar-refractivity contribution < 1.29 is 30.5 Å². The number of rotatable bonds is 6. The van der Waals surface area contributed by atoms with Crippen LogP contribution in [0.15, 0.2) is 4.52 Å². The fraction of sp³-hybridized carbons (Fsp3) is 0.667. The third kappa shape index (κ3) is 4.29. The van der Waals surface area contributed by atoms with Crippen LogP contribution in [0.4, 0.5) is 0 Å². The molecule has 1 aliphatic heterocycles. The van der Waals surface area contributed by atoms with Crippen molar-refractivity contribution in [2.45, 2.75) is 23.3 Å². The van der Waals surface area contributed by atoms with Crippen LogP contribution in [0.2, 0.25) is 9.91 Å². The average Bonchev–Trinajstić information content (AvgIpc) is 2.85. The van der Waals surface area contributed by atoms with Crippen molar-refractivity contribution in [3.05, 3.63) is 11.5 Å². The van der Waals surface area contributed by atoms with Gasteiger partial charge in [0, 0.05) is 0 Å². The molecule has 8 nitrogen and oxygen atoms in total. The molecule has 2 unspecified atom stereocenters. The quantitative estimate of drug-likeness (QED) is 0.435. The molecule has 0 amide bonds. The van der Waals surface area contributed by atoms with E-state index in [1.165, 1.54) is 0 Å². The maximum absolute atomic E-state index is 10.7. The summed E-state index contributed by atoms with van der Waals surface area (Å²) < 4.78 is 69.7. The summed E-state index contributed by atoms with van der Waals surface area (Å²) in [5, 5.41) is 4.40. The summed E-state index contributed by atoms with van der Waals surface area (Å²) in [6.45, 7) is 1.66. The van der Waals surface area contributed by atoms with E-state index in [1.807, 2.05) is 0 Å². The molecule has 1 aromatic heterocycles. The fourth-order valence-electron chi connectivity index (χ4n) is 2.00. The molecule has 1 fully saturated rings. The normalized spacial score (nSPS) is 22.9. The van der Waals surface area contributed by atoms with Gasteiger partial charge in [0.25, 0.3) is 0 Å². The number of nitrogens with zero attached hydrogens (tertiary/aromatic N) is 1. The van der Waals surface area contributed by atoms with E-state index in [1.54, 1.807) is 6.92 Å². The van der Waals surface area contributed by atoms with Crippen LogP contribution in [-0.4, -0.2) is 57.3 Å². The molecule has 1 aliphatic rings. The van der Waals surface area contributed by atoms with Crippen molar-refractivity contribution >= 4 is 39.2 Å². The molecule has 1 saturated heterocycles. The molecule has 0 saturated carbocycles. The van der Waals surface area contributed by atoms with Gasteiger partial charge in [0.15, 0.2) is 0 Å². The molecule has 1 aromatic rings. The average molecular weight is 385 g/mol. The third-order valence-corrected chi connectivity index (χ3v) is 10.7. The molecule has 2 rings (SSSR count). The Morgan fingerprint density at radius 2 is 1.95 bits per heavy atom. The molecule has 0 spiro atoms. The number of aromatic nitrogens is 1. The first-order valence-electron chi connectivity index (χ1n) is 5.66. The van der Waals surface area contributed by atoms with E-state index >= 15 is 0 Å². The van der Waals surface area contributed by atoms with Gasteiger partial charge in [-0.25, -0.2) is 0 Å². The summed E-state index contributed by atoms with van der Waals surface area (Å²) in [6, 6.07) is 0. The zero-order valence-electron chi connectivity index (χ0n) is 10.5. The van der Waals surface area contributed by atoms with Crippen molar-refractivity contribution in [1.29, 1.82) is 0 Å². The second-order valence-corrected chi connectivity index (χ2v) is 12.8. The van der Waals surface area contributed by atoms with Gasteiger partial charge in [-0.3, -0.25) is 0 Å². The van der Waals surface area contributed by atoms with Crippen LogP contribution in [0.25, 0.3) is 0 Å². The van der Waals surface area contributed by atoms with Gasteiger partial charge in [0.05, 0.1) is 0 Å². The van der Waals surface area contributed by atoms with Gasteiger partial charge < -0.3 is 0 Å². The summed E-state index contributed by atoms with van der Waals surface area (Å²) in [4.78, 5) is 0. The molecule has 0 aromatic carbocycles. The monoisotopic (exact) mass is 385 g/mol. The molecule has 11 heteroatoms. The second-order valence-electron chi connectivity index (χ2n) is 4.58. The predicted molar refractivity (Wildman–Crippen MR) is 68.0 cm³/mol. The zero-order chi connectivity index (χ0) is 15.1. The Kier molecular flexibility index (Phi) is 4.32. The van der Waals surface area contributed by atoms with Gasteiger partial charge in [0.2, 0.25) is 0 Å². The standard InChI is InChI=1S/C9H14AsNO7S2/c1-6-9(10-4-7(10)5-20(15,16)17)8(11-18-6)2-3-19(12,13)14/h7H,2-5H2,1H3,(H,12,13,14)(H,15,16,17)/p-2. The van der Waals surface area contributed by atoms with Gasteiger partial charge in [-0.2, -0.15) is 0 Å². The van der Waals surface area contributed by atoms with E-state index in [2.05, 4.69) is 5.16 Å². The molecule has 0 N–H and O–H groups in total. The molecule has 0 bridgehead atoms. The zero-order valence-corrected chi connectivity index (χ0v) is 14.0. The van der Waals surface area contributed by atoms with Gasteiger partial charge >= 0.3 is 121 Å². The predicted octanol–water partition coefficient (Wildman–Crippen LogP) is -1.30. The Balaban J connectivity index is 2.12. The van der Waals surface area contributed by atoms with E-state index in [-0.39, 0.29) is 11.1 Å². The van der Waals surface area contributed by atoms with Crippen molar-refractivity contribution in [1.82, 2.24) is 5.16 Å². The Bertz CT molecular complexity index is 709. The van der Waals surface area contributed by atoms with Crippen LogP contribution in [0.5, 0.6) is 0 Å². The number of hydrogen-bond donors (Lipinski definition) is 0. The van der Waals surface area contributed by atoms with E-state index in [0.717, 1.165) is 4.35 Å². The first kappa shape index (κ1) is 16.0. The minimum atomic E-state index is -4.34. The van der Waals surface area contributed by atoms with Crippen LogP contribution in [0.3, 0.4) is 0 Å². The Hall–Kier alpha value is -0.412. The minimum absolute atomic E-state index is 0.0411. The summed E-state index contributed by atoms with van der Waals surface area (Å²) in [5.74, 6) is -0.440. The maximum atomic E-state index is 10.7. The van der Waals surface area contributed by atoms with Gasteiger partial charge in [-0.1, -0.05) is 0 Å². The van der Waals surface area contributed by atoms with E-state index in [0.29, 0.717) is 16.7 Å². The Morgan fingerprint density at radius 1 is 1.30 bits per heavy atom. The first-order chi connectivity index (χ1) is 9.07. The summed E-state index contributed by atoms with van der Waals surface area (Å²) >= 11 is -1.71. The van der Waals surface area contributed by atoms with Crippen LogP contribution in [0.1, 0.15) is 11.5 Å². The molecular weight excluding hydrogens is 373 g/mol. The number of aryl methyl sites for hydroxylation is 2. The molecule has 2 atom stereocenters. The van der Waals surface area contributed by atoms with Crippen molar-refractivity contribution in [3.8, 4) is 0 Å². The second kappa shape index (κ2) is 5.41. The molecule has 114 valence electrons. The van der Waals surface area contributed by atoms with Crippen molar-refractivity contribution in [3.63, 3.8) is 0 Å². The molecule has 0 aliphatic carbocycles.